The van der Waals surface area contributed by atoms with E-state index in [9.17, 15) is 13.2 Å². The van der Waals surface area contributed by atoms with Crippen LogP contribution in [-0.4, -0.2) is 27.5 Å². The van der Waals surface area contributed by atoms with Gasteiger partial charge in [-0.05, 0) is 42.7 Å². The molecule has 1 aliphatic rings. The Hall–Kier alpha value is -2.64. The topological polar surface area (TPSA) is 84.5 Å². The third-order valence-corrected chi connectivity index (χ3v) is 5.38. The molecule has 0 bridgehead atoms. The predicted octanol–water partition coefficient (Wildman–Crippen LogP) is 2.79. The zero-order valence-corrected chi connectivity index (χ0v) is 15.1. The van der Waals surface area contributed by atoms with Crippen molar-refractivity contribution >= 4 is 27.7 Å². The monoisotopic (exact) mass is 372 g/mol. The van der Waals surface area contributed by atoms with E-state index < -0.39 is 10.0 Å². The number of carbonyl (C=O) groups excluding carboxylic acids is 1. The summed E-state index contributed by atoms with van der Waals surface area (Å²) in [7, 11) is -2.15. The molecule has 2 N–H and O–H groups in total. The zero-order chi connectivity index (χ0) is 18.6. The molecule has 0 aromatic heterocycles. The summed E-state index contributed by atoms with van der Waals surface area (Å²) in [5.41, 5.74) is 1.19. The van der Waals surface area contributed by atoms with Gasteiger partial charge < -0.3 is 10.1 Å². The number of anilines is 1. The van der Waals surface area contributed by atoms with E-state index in [1.54, 1.807) is 6.08 Å². The van der Waals surface area contributed by atoms with Crippen LogP contribution in [-0.2, 0) is 14.8 Å². The summed E-state index contributed by atoms with van der Waals surface area (Å²) in [5.74, 6) is 0.00804. The van der Waals surface area contributed by atoms with Crippen molar-refractivity contribution in [2.45, 2.75) is 23.8 Å². The van der Waals surface area contributed by atoms with Gasteiger partial charge in [-0.25, -0.2) is 13.1 Å². The van der Waals surface area contributed by atoms with Crippen LogP contribution in [0.3, 0.4) is 0 Å². The van der Waals surface area contributed by atoms with Crippen molar-refractivity contribution in [2.75, 3.05) is 12.4 Å². The average Bonchev–Trinajstić information content (AvgIpc) is 3.44. The number of benzene rings is 2. The normalized spacial score (nSPS) is 14.3. The molecule has 0 spiro atoms. The van der Waals surface area contributed by atoms with Crippen molar-refractivity contribution in [3.8, 4) is 5.75 Å². The van der Waals surface area contributed by atoms with Gasteiger partial charge in [-0.1, -0.05) is 30.3 Å². The molecule has 0 aliphatic heterocycles. The molecule has 0 unspecified atom stereocenters. The lowest BCUT2D eigenvalue weighted by molar-refractivity contribution is -0.111. The Bertz CT molecular complexity index is 920. The number of methoxy groups -OCH3 is 1. The number of amides is 1. The summed E-state index contributed by atoms with van der Waals surface area (Å²) >= 11 is 0. The van der Waals surface area contributed by atoms with Crippen molar-refractivity contribution in [1.82, 2.24) is 4.72 Å². The molecule has 1 fully saturated rings. The van der Waals surface area contributed by atoms with Gasteiger partial charge in [0.25, 0.3) is 0 Å². The number of rotatable bonds is 7. The predicted molar refractivity (Wildman–Crippen MR) is 100 cm³/mol. The highest BCUT2D eigenvalue weighted by molar-refractivity contribution is 7.89. The molecule has 1 aliphatic carbocycles. The van der Waals surface area contributed by atoms with Crippen LogP contribution in [0.25, 0.3) is 6.08 Å². The Morgan fingerprint density at radius 1 is 1.15 bits per heavy atom. The highest BCUT2D eigenvalue weighted by atomic mass is 32.2. The van der Waals surface area contributed by atoms with Crippen LogP contribution in [0.2, 0.25) is 0 Å². The molecule has 6 nitrogen and oxygen atoms in total. The lowest BCUT2D eigenvalue weighted by Gasteiger charge is -2.12. The first kappa shape index (κ1) is 18.2. The molecule has 2 aromatic carbocycles. The molecule has 0 radical (unpaired) electrons. The summed E-state index contributed by atoms with van der Waals surface area (Å²) < 4.78 is 32.5. The third kappa shape index (κ3) is 4.71. The number of sulfonamides is 1. The highest BCUT2D eigenvalue weighted by Crippen LogP contribution is 2.29. The number of nitrogens with one attached hydrogen (secondary N) is 2. The second-order valence-corrected chi connectivity index (χ2v) is 7.70. The first-order valence-corrected chi connectivity index (χ1v) is 9.71. The van der Waals surface area contributed by atoms with E-state index in [1.165, 1.54) is 31.4 Å². The molecule has 2 aromatic rings. The summed E-state index contributed by atoms with van der Waals surface area (Å²) in [6.07, 6.45) is 4.77. The van der Waals surface area contributed by atoms with E-state index in [0.29, 0.717) is 11.4 Å². The van der Waals surface area contributed by atoms with Gasteiger partial charge in [-0.3, -0.25) is 4.79 Å². The van der Waals surface area contributed by atoms with Gasteiger partial charge in [-0.2, -0.15) is 0 Å². The van der Waals surface area contributed by atoms with Crippen LogP contribution in [0.1, 0.15) is 18.4 Å². The van der Waals surface area contributed by atoms with Crippen molar-refractivity contribution in [3.63, 3.8) is 0 Å². The average molecular weight is 372 g/mol. The van der Waals surface area contributed by atoms with Crippen molar-refractivity contribution in [2.24, 2.45) is 0 Å². The number of carbonyl (C=O) groups is 1. The van der Waals surface area contributed by atoms with Crippen LogP contribution in [0.4, 0.5) is 5.69 Å². The van der Waals surface area contributed by atoms with E-state index in [-0.39, 0.29) is 16.8 Å². The van der Waals surface area contributed by atoms with E-state index in [2.05, 4.69) is 10.0 Å². The number of hydrogen-bond acceptors (Lipinski definition) is 4. The summed E-state index contributed by atoms with van der Waals surface area (Å²) in [6.45, 7) is 0. The molecule has 1 amide bonds. The Balaban J connectivity index is 1.78. The fraction of sp³-hybridized carbons (Fsp3) is 0.211. The third-order valence-electron chi connectivity index (χ3n) is 3.87. The maximum Gasteiger partial charge on any atom is 0.248 e. The zero-order valence-electron chi connectivity index (χ0n) is 14.3. The minimum atomic E-state index is -3.61. The molecule has 136 valence electrons. The molecule has 7 heteroatoms. The van der Waals surface area contributed by atoms with E-state index >= 15 is 0 Å². The van der Waals surface area contributed by atoms with Gasteiger partial charge in [0, 0.05) is 12.1 Å². The van der Waals surface area contributed by atoms with Crippen molar-refractivity contribution < 1.29 is 17.9 Å². The Kier molecular flexibility index (Phi) is 5.39. The highest BCUT2D eigenvalue weighted by Gasteiger charge is 2.28. The largest absolute Gasteiger partial charge is 0.495 e. The lowest BCUT2D eigenvalue weighted by Crippen LogP contribution is -2.25. The lowest BCUT2D eigenvalue weighted by atomic mass is 10.2. The minimum absolute atomic E-state index is 0.00829. The maximum absolute atomic E-state index is 12.4. The number of hydrogen-bond donors (Lipinski definition) is 2. The fourth-order valence-corrected chi connectivity index (χ4v) is 3.68. The van der Waals surface area contributed by atoms with Crippen molar-refractivity contribution in [3.05, 3.63) is 60.2 Å². The quantitative estimate of drug-likeness (QED) is 0.732. The molecular formula is C19H20N2O4S. The first-order valence-electron chi connectivity index (χ1n) is 8.22. The van der Waals surface area contributed by atoms with Crippen LogP contribution in [0.5, 0.6) is 5.75 Å². The van der Waals surface area contributed by atoms with Crippen molar-refractivity contribution in [1.29, 1.82) is 0 Å². The number of ether oxygens (including phenoxy) is 1. The van der Waals surface area contributed by atoms with Gasteiger partial charge in [0.15, 0.2) is 0 Å². The SMILES string of the molecule is COc1ccc(S(=O)(=O)NC2CC2)cc1NC(=O)/C=C/c1ccccc1. The van der Waals surface area contributed by atoms with Gasteiger partial charge in [0.05, 0.1) is 17.7 Å². The molecule has 0 heterocycles. The van der Waals surface area contributed by atoms with Crippen LogP contribution >= 0.6 is 0 Å². The first-order chi connectivity index (χ1) is 12.5. The smallest absolute Gasteiger partial charge is 0.248 e. The van der Waals surface area contributed by atoms with Gasteiger partial charge in [0.1, 0.15) is 5.75 Å². The standard InChI is InChI=1S/C19H20N2O4S/c1-25-18-11-10-16(26(23,24)21-15-8-9-15)13-17(18)20-19(22)12-7-14-5-3-2-4-6-14/h2-7,10-13,15,21H,8-9H2,1H3,(H,20,22)/b12-7+. The van der Waals surface area contributed by atoms with E-state index in [4.69, 9.17) is 4.74 Å². The molecule has 0 saturated heterocycles. The second kappa shape index (κ2) is 7.72. The molecule has 1 saturated carbocycles. The van der Waals surface area contributed by atoms with Gasteiger partial charge >= 0.3 is 0 Å². The van der Waals surface area contributed by atoms with Gasteiger partial charge in [0.2, 0.25) is 15.9 Å². The Morgan fingerprint density at radius 3 is 2.54 bits per heavy atom. The molecule has 26 heavy (non-hydrogen) atoms. The fourth-order valence-electron chi connectivity index (χ4n) is 2.35. The second-order valence-electron chi connectivity index (χ2n) is 5.99. The molecular weight excluding hydrogens is 352 g/mol. The molecule has 0 atom stereocenters. The molecule has 3 rings (SSSR count). The maximum atomic E-state index is 12.4. The summed E-state index contributed by atoms with van der Waals surface area (Å²) in [6, 6.07) is 13.8. The minimum Gasteiger partial charge on any atom is -0.495 e. The Labute approximate surface area is 152 Å². The summed E-state index contributed by atoms with van der Waals surface area (Å²) in [4.78, 5) is 12.3. The summed E-state index contributed by atoms with van der Waals surface area (Å²) in [5, 5.41) is 2.67. The van der Waals surface area contributed by atoms with Gasteiger partial charge in [-0.15, -0.1) is 0 Å². The van der Waals surface area contributed by atoms with Crippen LogP contribution in [0, 0.1) is 0 Å². The van der Waals surface area contributed by atoms with Crippen LogP contribution < -0.4 is 14.8 Å². The Morgan fingerprint density at radius 2 is 1.88 bits per heavy atom. The van der Waals surface area contributed by atoms with E-state index in [1.807, 2.05) is 30.3 Å². The van der Waals surface area contributed by atoms with E-state index in [0.717, 1.165) is 18.4 Å². The van der Waals surface area contributed by atoms with Crippen LogP contribution in [0.15, 0.2) is 59.5 Å².